The Labute approximate surface area is 91.9 Å². The molecular formula is C11H10FNO3. The normalized spacial score (nSPS) is 9.62. The molecule has 0 fully saturated rings. The topological polar surface area (TPSA) is 70.3 Å². The van der Waals surface area contributed by atoms with E-state index in [2.05, 4.69) is 4.74 Å². The van der Waals surface area contributed by atoms with Crippen LogP contribution in [0.4, 0.5) is 4.39 Å². The van der Waals surface area contributed by atoms with Crippen LogP contribution >= 0.6 is 0 Å². The van der Waals surface area contributed by atoms with Crippen LogP contribution in [-0.2, 0) is 11.3 Å². The minimum Gasteiger partial charge on any atom is -0.462 e. The number of rotatable bonds is 3. The van der Waals surface area contributed by atoms with Crippen LogP contribution < -0.4 is 0 Å². The number of hydrogen-bond donors (Lipinski definition) is 1. The maximum absolute atomic E-state index is 13.4. The summed E-state index contributed by atoms with van der Waals surface area (Å²) in [7, 11) is 0. The van der Waals surface area contributed by atoms with Gasteiger partial charge in [-0.3, -0.25) is 0 Å². The van der Waals surface area contributed by atoms with E-state index in [-0.39, 0.29) is 23.3 Å². The number of esters is 1. The number of carbonyl (C=O) groups is 1. The number of halogens is 1. The second-order valence-corrected chi connectivity index (χ2v) is 2.98. The van der Waals surface area contributed by atoms with Crippen LogP contribution in [0.3, 0.4) is 0 Å². The van der Waals surface area contributed by atoms with Crippen LogP contribution in [0, 0.1) is 17.1 Å². The summed E-state index contributed by atoms with van der Waals surface area (Å²) in [5, 5.41) is 17.6. The Bertz CT molecular complexity index is 451. The van der Waals surface area contributed by atoms with E-state index in [1.54, 1.807) is 13.0 Å². The number of aliphatic hydroxyl groups excluding tert-OH is 1. The number of hydrogen-bond acceptors (Lipinski definition) is 4. The van der Waals surface area contributed by atoms with Gasteiger partial charge >= 0.3 is 5.97 Å². The quantitative estimate of drug-likeness (QED) is 0.785. The molecule has 0 aliphatic rings. The van der Waals surface area contributed by atoms with Crippen molar-refractivity contribution in [3.8, 4) is 6.07 Å². The summed E-state index contributed by atoms with van der Waals surface area (Å²) in [5.41, 5.74) is -0.191. The Hall–Kier alpha value is -1.93. The minimum absolute atomic E-state index is 0.0117. The molecule has 1 aromatic carbocycles. The molecule has 1 N–H and O–H groups in total. The van der Waals surface area contributed by atoms with Crippen molar-refractivity contribution in [2.75, 3.05) is 6.61 Å². The molecule has 5 heteroatoms. The first-order chi connectivity index (χ1) is 7.63. The van der Waals surface area contributed by atoms with Gasteiger partial charge in [0, 0.05) is 0 Å². The number of benzene rings is 1. The van der Waals surface area contributed by atoms with Crippen molar-refractivity contribution in [1.29, 1.82) is 5.26 Å². The maximum atomic E-state index is 13.4. The van der Waals surface area contributed by atoms with E-state index in [0.717, 1.165) is 6.07 Å². The number of carbonyl (C=O) groups excluding carboxylic acids is 1. The lowest BCUT2D eigenvalue weighted by Gasteiger charge is -2.06. The van der Waals surface area contributed by atoms with E-state index in [1.165, 1.54) is 6.07 Å². The molecule has 0 saturated heterocycles. The first-order valence-electron chi connectivity index (χ1n) is 4.64. The third-order valence-electron chi connectivity index (χ3n) is 1.97. The van der Waals surface area contributed by atoms with E-state index < -0.39 is 18.4 Å². The molecule has 0 atom stereocenters. The van der Waals surface area contributed by atoms with Crippen LogP contribution in [0.15, 0.2) is 12.1 Å². The molecule has 0 aromatic heterocycles. The van der Waals surface area contributed by atoms with E-state index in [1.807, 2.05) is 0 Å². The van der Waals surface area contributed by atoms with Gasteiger partial charge in [-0.25, -0.2) is 9.18 Å². The van der Waals surface area contributed by atoms with E-state index in [9.17, 15) is 9.18 Å². The zero-order valence-electron chi connectivity index (χ0n) is 8.66. The molecule has 1 aromatic rings. The Balaban J connectivity index is 3.21. The SMILES string of the molecule is CCOC(=O)c1cc(F)c(C#N)c(CO)c1. The molecule has 0 aliphatic carbocycles. The third-order valence-corrected chi connectivity index (χ3v) is 1.97. The second kappa shape index (κ2) is 5.24. The Morgan fingerprint density at radius 1 is 1.62 bits per heavy atom. The van der Waals surface area contributed by atoms with Gasteiger partial charge in [0.2, 0.25) is 0 Å². The summed E-state index contributed by atoms with van der Waals surface area (Å²) in [6.45, 7) is 1.30. The van der Waals surface area contributed by atoms with Crippen LogP contribution in [-0.4, -0.2) is 17.7 Å². The summed E-state index contributed by atoms with van der Waals surface area (Å²) in [6.07, 6.45) is 0. The lowest BCUT2D eigenvalue weighted by Crippen LogP contribution is -2.07. The molecule has 0 heterocycles. The molecule has 0 amide bonds. The van der Waals surface area contributed by atoms with E-state index in [0.29, 0.717) is 0 Å². The fourth-order valence-corrected chi connectivity index (χ4v) is 1.25. The molecule has 0 aliphatic heterocycles. The molecule has 16 heavy (non-hydrogen) atoms. The molecule has 0 radical (unpaired) electrons. The first kappa shape index (κ1) is 12.1. The van der Waals surface area contributed by atoms with E-state index in [4.69, 9.17) is 10.4 Å². The highest BCUT2D eigenvalue weighted by atomic mass is 19.1. The summed E-state index contributed by atoms with van der Waals surface area (Å²) < 4.78 is 18.0. The largest absolute Gasteiger partial charge is 0.462 e. The highest BCUT2D eigenvalue weighted by Crippen LogP contribution is 2.16. The van der Waals surface area contributed by atoms with Crippen LogP contribution in [0.1, 0.15) is 28.4 Å². The minimum atomic E-state index is -0.836. The standard InChI is InChI=1S/C11H10FNO3/c1-2-16-11(15)7-3-8(6-14)9(5-13)10(12)4-7/h3-4,14H,2,6H2,1H3. The predicted molar refractivity (Wildman–Crippen MR) is 53.0 cm³/mol. The van der Waals surface area contributed by atoms with Crippen molar-refractivity contribution >= 4 is 5.97 Å². The average molecular weight is 223 g/mol. The lowest BCUT2D eigenvalue weighted by atomic mass is 10.0. The van der Waals surface area contributed by atoms with Crippen LogP contribution in [0.2, 0.25) is 0 Å². The number of nitrogens with zero attached hydrogens (tertiary/aromatic N) is 1. The summed E-state index contributed by atoms with van der Waals surface area (Å²) in [6, 6.07) is 3.80. The number of nitriles is 1. The van der Waals surface area contributed by atoms with Crippen molar-refractivity contribution in [1.82, 2.24) is 0 Å². The molecule has 84 valence electrons. The fraction of sp³-hybridized carbons (Fsp3) is 0.273. The van der Waals surface area contributed by atoms with Gasteiger partial charge in [-0.05, 0) is 24.6 Å². The molecule has 4 nitrogen and oxygen atoms in total. The van der Waals surface area contributed by atoms with Gasteiger partial charge in [-0.2, -0.15) is 5.26 Å². The van der Waals surface area contributed by atoms with E-state index >= 15 is 0 Å². The van der Waals surface area contributed by atoms with Gasteiger partial charge in [0.05, 0.1) is 24.3 Å². The highest BCUT2D eigenvalue weighted by molar-refractivity contribution is 5.89. The van der Waals surface area contributed by atoms with Gasteiger partial charge in [0.25, 0.3) is 0 Å². The lowest BCUT2D eigenvalue weighted by molar-refractivity contribution is 0.0525. The predicted octanol–water partition coefficient (Wildman–Crippen LogP) is 1.37. The molecule has 1 rings (SSSR count). The monoisotopic (exact) mass is 223 g/mol. The van der Waals surface area contributed by atoms with Crippen LogP contribution in [0.25, 0.3) is 0 Å². The maximum Gasteiger partial charge on any atom is 0.338 e. The number of ether oxygens (including phenoxy) is 1. The summed E-state index contributed by atoms with van der Waals surface area (Å²) in [5.74, 6) is -1.52. The third kappa shape index (κ3) is 2.35. The van der Waals surface area contributed by atoms with Crippen molar-refractivity contribution < 1.29 is 19.0 Å². The Morgan fingerprint density at radius 2 is 2.31 bits per heavy atom. The Morgan fingerprint density at radius 3 is 2.81 bits per heavy atom. The fourth-order valence-electron chi connectivity index (χ4n) is 1.25. The average Bonchev–Trinajstić information content (AvgIpc) is 2.28. The van der Waals surface area contributed by atoms with Crippen molar-refractivity contribution in [3.63, 3.8) is 0 Å². The molecule has 0 spiro atoms. The molecule has 0 unspecified atom stereocenters. The van der Waals surface area contributed by atoms with Gasteiger partial charge in [0.15, 0.2) is 0 Å². The summed E-state index contributed by atoms with van der Waals surface area (Å²) >= 11 is 0. The van der Waals surface area contributed by atoms with Gasteiger partial charge < -0.3 is 9.84 Å². The smallest absolute Gasteiger partial charge is 0.338 e. The molecule has 0 saturated carbocycles. The van der Waals surface area contributed by atoms with Crippen molar-refractivity contribution in [3.05, 3.63) is 34.6 Å². The van der Waals surface area contributed by atoms with Gasteiger partial charge in [-0.1, -0.05) is 0 Å². The van der Waals surface area contributed by atoms with Gasteiger partial charge in [-0.15, -0.1) is 0 Å². The second-order valence-electron chi connectivity index (χ2n) is 2.98. The van der Waals surface area contributed by atoms with Gasteiger partial charge in [0.1, 0.15) is 11.9 Å². The zero-order chi connectivity index (χ0) is 12.1. The molecule has 0 bridgehead atoms. The molecular weight excluding hydrogens is 213 g/mol. The van der Waals surface area contributed by atoms with Crippen molar-refractivity contribution in [2.45, 2.75) is 13.5 Å². The first-order valence-corrected chi connectivity index (χ1v) is 4.64. The summed E-state index contributed by atoms with van der Waals surface area (Å²) in [4.78, 5) is 11.3. The highest BCUT2D eigenvalue weighted by Gasteiger charge is 2.14. The zero-order valence-corrected chi connectivity index (χ0v) is 8.66. The Kier molecular flexibility index (Phi) is 3.97. The number of aliphatic hydroxyl groups is 1. The van der Waals surface area contributed by atoms with Crippen molar-refractivity contribution in [2.24, 2.45) is 0 Å². The van der Waals surface area contributed by atoms with Crippen LogP contribution in [0.5, 0.6) is 0 Å².